The molecule has 2 atom stereocenters. The number of amides is 1. The number of carbonyl (C=O) groups is 1. The average molecular weight is 216 g/mol. The lowest BCUT2D eigenvalue weighted by atomic mass is 9.91. The SMILES string of the molecule is O=C(c1ccccn1)N1[C@@H]2CCCC[C@H]1C2. The van der Waals surface area contributed by atoms with Crippen LogP contribution < -0.4 is 0 Å². The number of aromatic nitrogens is 1. The number of nitrogens with zero attached hydrogens (tertiary/aromatic N) is 2. The Balaban J connectivity index is 1.81. The molecule has 84 valence electrons. The van der Waals surface area contributed by atoms with Crippen LogP contribution in [0.3, 0.4) is 0 Å². The lowest BCUT2D eigenvalue weighted by molar-refractivity contribution is 0.0169. The van der Waals surface area contributed by atoms with E-state index in [0.29, 0.717) is 17.8 Å². The van der Waals surface area contributed by atoms with Crippen LogP contribution in [0.1, 0.15) is 42.6 Å². The van der Waals surface area contributed by atoms with Crippen molar-refractivity contribution in [2.45, 2.75) is 44.2 Å². The van der Waals surface area contributed by atoms with Gasteiger partial charge in [0, 0.05) is 18.3 Å². The Morgan fingerprint density at radius 2 is 2.00 bits per heavy atom. The second-order valence-corrected chi connectivity index (χ2v) is 4.76. The van der Waals surface area contributed by atoms with E-state index < -0.39 is 0 Å². The number of fused-ring (bicyclic) bond motifs is 2. The highest BCUT2D eigenvalue weighted by atomic mass is 16.2. The van der Waals surface area contributed by atoms with Crippen molar-refractivity contribution in [3.8, 4) is 0 Å². The molecule has 2 bridgehead atoms. The lowest BCUT2D eigenvalue weighted by Crippen LogP contribution is -2.57. The van der Waals surface area contributed by atoms with Crippen LogP contribution in [0.2, 0.25) is 0 Å². The summed E-state index contributed by atoms with van der Waals surface area (Å²) in [6.45, 7) is 0. The molecule has 0 radical (unpaired) electrons. The molecule has 1 aromatic rings. The van der Waals surface area contributed by atoms with Gasteiger partial charge in [-0.05, 0) is 31.4 Å². The summed E-state index contributed by atoms with van der Waals surface area (Å²) in [6, 6.07) is 6.51. The summed E-state index contributed by atoms with van der Waals surface area (Å²) in [6.07, 6.45) is 7.79. The van der Waals surface area contributed by atoms with Gasteiger partial charge < -0.3 is 4.90 Å². The van der Waals surface area contributed by atoms with Crippen molar-refractivity contribution < 1.29 is 4.79 Å². The van der Waals surface area contributed by atoms with Crippen molar-refractivity contribution in [3.05, 3.63) is 30.1 Å². The van der Waals surface area contributed by atoms with Gasteiger partial charge in [-0.3, -0.25) is 9.78 Å². The fourth-order valence-corrected chi connectivity index (χ4v) is 2.93. The minimum Gasteiger partial charge on any atom is -0.331 e. The minimum atomic E-state index is 0.128. The van der Waals surface area contributed by atoms with Gasteiger partial charge in [-0.15, -0.1) is 0 Å². The standard InChI is InChI=1S/C13H16N2O/c16-13(12-7-3-4-8-14-12)15-10-5-1-2-6-11(15)9-10/h3-4,7-8,10-11H,1-2,5-6,9H2/t10-,11+. The predicted octanol–water partition coefficient (Wildman–Crippen LogP) is 2.24. The van der Waals surface area contributed by atoms with Gasteiger partial charge in [0.2, 0.25) is 0 Å². The molecule has 2 saturated heterocycles. The summed E-state index contributed by atoms with van der Waals surface area (Å²) in [4.78, 5) is 18.5. The van der Waals surface area contributed by atoms with E-state index >= 15 is 0 Å². The summed E-state index contributed by atoms with van der Waals surface area (Å²) >= 11 is 0. The molecule has 0 saturated carbocycles. The summed E-state index contributed by atoms with van der Waals surface area (Å²) < 4.78 is 0. The summed E-state index contributed by atoms with van der Waals surface area (Å²) in [5.41, 5.74) is 0.596. The van der Waals surface area contributed by atoms with Crippen molar-refractivity contribution in [1.29, 1.82) is 0 Å². The van der Waals surface area contributed by atoms with Gasteiger partial charge in [0.15, 0.2) is 0 Å². The molecule has 0 aliphatic carbocycles. The fraction of sp³-hybridized carbons (Fsp3) is 0.538. The van der Waals surface area contributed by atoms with Gasteiger partial charge in [-0.2, -0.15) is 0 Å². The zero-order valence-electron chi connectivity index (χ0n) is 9.30. The van der Waals surface area contributed by atoms with Gasteiger partial charge in [-0.25, -0.2) is 0 Å². The highest BCUT2D eigenvalue weighted by Crippen LogP contribution is 2.37. The first-order chi connectivity index (χ1) is 7.86. The van der Waals surface area contributed by atoms with E-state index in [1.165, 1.54) is 32.1 Å². The molecular formula is C13H16N2O. The Morgan fingerprint density at radius 1 is 1.25 bits per heavy atom. The van der Waals surface area contributed by atoms with Gasteiger partial charge in [0.25, 0.3) is 5.91 Å². The molecule has 16 heavy (non-hydrogen) atoms. The largest absolute Gasteiger partial charge is 0.331 e. The van der Waals surface area contributed by atoms with Crippen molar-refractivity contribution in [2.75, 3.05) is 0 Å². The van der Waals surface area contributed by atoms with Crippen LogP contribution >= 0.6 is 0 Å². The minimum absolute atomic E-state index is 0.128. The Bertz CT molecular complexity index is 374. The van der Waals surface area contributed by atoms with E-state index in [1.807, 2.05) is 18.2 Å². The molecule has 3 nitrogen and oxygen atoms in total. The topological polar surface area (TPSA) is 33.2 Å². The quantitative estimate of drug-likeness (QED) is 0.721. The van der Waals surface area contributed by atoms with E-state index in [9.17, 15) is 4.79 Å². The molecule has 1 amide bonds. The second kappa shape index (κ2) is 3.89. The van der Waals surface area contributed by atoms with E-state index in [2.05, 4.69) is 9.88 Å². The van der Waals surface area contributed by atoms with Crippen molar-refractivity contribution >= 4 is 5.91 Å². The van der Waals surface area contributed by atoms with Gasteiger partial charge in [-0.1, -0.05) is 18.9 Å². The first-order valence-electron chi connectivity index (χ1n) is 6.10. The Labute approximate surface area is 95.5 Å². The molecular weight excluding hydrogens is 200 g/mol. The normalized spacial score (nSPS) is 28.1. The molecule has 0 N–H and O–H groups in total. The van der Waals surface area contributed by atoms with Crippen LogP contribution in [0.25, 0.3) is 0 Å². The molecule has 2 aliphatic heterocycles. The molecule has 3 heteroatoms. The maximum absolute atomic E-state index is 12.3. The smallest absolute Gasteiger partial charge is 0.272 e. The average Bonchev–Trinajstić information content (AvgIpc) is 2.65. The van der Waals surface area contributed by atoms with Gasteiger partial charge in [0.1, 0.15) is 5.69 Å². The molecule has 1 aromatic heterocycles. The molecule has 0 aromatic carbocycles. The number of hydrogen-bond donors (Lipinski definition) is 0. The van der Waals surface area contributed by atoms with E-state index in [-0.39, 0.29) is 5.91 Å². The summed E-state index contributed by atoms with van der Waals surface area (Å²) in [5, 5.41) is 0. The van der Waals surface area contributed by atoms with E-state index in [0.717, 1.165) is 0 Å². The first-order valence-corrected chi connectivity index (χ1v) is 6.10. The molecule has 2 fully saturated rings. The Kier molecular flexibility index (Phi) is 2.39. The zero-order chi connectivity index (χ0) is 11.0. The third-order valence-electron chi connectivity index (χ3n) is 3.77. The van der Waals surface area contributed by atoms with Crippen LogP contribution in [0.15, 0.2) is 24.4 Å². The van der Waals surface area contributed by atoms with Crippen molar-refractivity contribution in [1.82, 2.24) is 9.88 Å². The van der Waals surface area contributed by atoms with Gasteiger partial charge in [0.05, 0.1) is 0 Å². The van der Waals surface area contributed by atoms with E-state index in [1.54, 1.807) is 6.20 Å². The maximum atomic E-state index is 12.3. The van der Waals surface area contributed by atoms with Gasteiger partial charge >= 0.3 is 0 Å². The van der Waals surface area contributed by atoms with Crippen molar-refractivity contribution in [2.24, 2.45) is 0 Å². The van der Waals surface area contributed by atoms with Crippen LogP contribution in [0.5, 0.6) is 0 Å². The number of rotatable bonds is 1. The molecule has 0 unspecified atom stereocenters. The lowest BCUT2D eigenvalue weighted by Gasteiger charge is -2.47. The number of pyridine rings is 1. The van der Waals surface area contributed by atoms with Crippen LogP contribution in [0, 0.1) is 0 Å². The second-order valence-electron chi connectivity index (χ2n) is 4.76. The first kappa shape index (κ1) is 9.82. The van der Waals surface area contributed by atoms with Crippen LogP contribution in [-0.2, 0) is 0 Å². The van der Waals surface area contributed by atoms with Crippen molar-refractivity contribution in [3.63, 3.8) is 0 Å². The molecule has 0 spiro atoms. The van der Waals surface area contributed by atoms with Crippen LogP contribution in [-0.4, -0.2) is 27.9 Å². The number of carbonyl (C=O) groups excluding carboxylic acids is 1. The fourth-order valence-electron chi connectivity index (χ4n) is 2.93. The Morgan fingerprint density at radius 3 is 2.62 bits per heavy atom. The molecule has 3 rings (SSSR count). The molecule has 2 aliphatic rings. The summed E-state index contributed by atoms with van der Waals surface area (Å²) in [7, 11) is 0. The van der Waals surface area contributed by atoms with Crippen LogP contribution in [0.4, 0.5) is 0 Å². The summed E-state index contributed by atoms with van der Waals surface area (Å²) in [5.74, 6) is 0.128. The maximum Gasteiger partial charge on any atom is 0.272 e. The Hall–Kier alpha value is -1.38. The zero-order valence-corrected chi connectivity index (χ0v) is 9.30. The number of hydrogen-bond acceptors (Lipinski definition) is 2. The predicted molar refractivity (Wildman–Crippen MR) is 61.1 cm³/mol. The molecule has 3 heterocycles. The van der Waals surface area contributed by atoms with E-state index in [4.69, 9.17) is 0 Å². The third kappa shape index (κ3) is 1.51. The third-order valence-corrected chi connectivity index (χ3v) is 3.77. The monoisotopic (exact) mass is 216 g/mol. The highest BCUT2D eigenvalue weighted by molar-refractivity contribution is 5.93. The highest BCUT2D eigenvalue weighted by Gasteiger charge is 2.42.